The molecular weight excluding hydrogens is 417 g/mol. The lowest BCUT2D eigenvalue weighted by Gasteiger charge is -2.18. The molecule has 0 saturated carbocycles. The largest absolute Gasteiger partial charge is 0.396 e. The molecule has 0 aliphatic heterocycles. The van der Waals surface area contributed by atoms with Crippen LogP contribution >= 0.6 is 24.0 Å². The topological polar surface area (TPSA) is 74.5 Å². The van der Waals surface area contributed by atoms with Crippen LogP contribution in [0.15, 0.2) is 47.7 Å². The summed E-state index contributed by atoms with van der Waals surface area (Å²) in [6.07, 6.45) is 4.76. The van der Waals surface area contributed by atoms with E-state index in [9.17, 15) is 5.11 Å². The van der Waals surface area contributed by atoms with Crippen molar-refractivity contribution < 1.29 is 5.11 Å². The smallest absolute Gasteiger partial charge is 0.191 e. The first-order valence-electron chi connectivity index (χ1n) is 7.80. The number of hydrogen-bond acceptors (Lipinski definition) is 3. The second-order valence-corrected chi connectivity index (χ2v) is 5.44. The molecule has 1 unspecified atom stereocenters. The molecule has 0 aliphatic rings. The number of aromatic nitrogens is 2. The summed E-state index contributed by atoms with van der Waals surface area (Å²) in [5.74, 6) is 0.788. The van der Waals surface area contributed by atoms with Crippen LogP contribution in [0.2, 0.25) is 0 Å². The van der Waals surface area contributed by atoms with Gasteiger partial charge in [-0.2, -0.15) is 5.10 Å². The zero-order chi connectivity index (χ0) is 16.5. The number of nitrogens with one attached hydrogen (secondary N) is 2. The first-order chi connectivity index (χ1) is 11.2. The molecule has 1 aromatic heterocycles. The fourth-order valence-electron chi connectivity index (χ4n) is 2.38. The van der Waals surface area contributed by atoms with E-state index in [0.29, 0.717) is 6.54 Å². The van der Waals surface area contributed by atoms with E-state index in [1.807, 2.05) is 49.8 Å². The number of rotatable bonds is 7. The zero-order valence-corrected chi connectivity index (χ0v) is 16.5. The highest BCUT2D eigenvalue weighted by molar-refractivity contribution is 14.0. The molecule has 24 heavy (non-hydrogen) atoms. The van der Waals surface area contributed by atoms with Crippen molar-refractivity contribution in [3.05, 3.63) is 53.9 Å². The molecule has 0 spiro atoms. The molecule has 0 amide bonds. The van der Waals surface area contributed by atoms with E-state index in [0.717, 1.165) is 24.5 Å². The fourth-order valence-corrected chi connectivity index (χ4v) is 2.38. The predicted molar refractivity (Wildman–Crippen MR) is 108 cm³/mol. The van der Waals surface area contributed by atoms with Crippen LogP contribution in [-0.2, 0) is 13.5 Å². The van der Waals surface area contributed by atoms with Gasteiger partial charge in [-0.15, -0.1) is 24.0 Å². The molecule has 1 aromatic carbocycles. The van der Waals surface area contributed by atoms with Gasteiger partial charge in [-0.1, -0.05) is 30.3 Å². The van der Waals surface area contributed by atoms with Gasteiger partial charge in [0.15, 0.2) is 5.96 Å². The number of nitrogens with zero attached hydrogens (tertiary/aromatic N) is 3. The second-order valence-electron chi connectivity index (χ2n) is 5.44. The SMILES string of the molecule is CN=C(NCCc1cnn(C)c1)NCC(CO)c1ccccc1.I. The molecule has 2 aromatic rings. The Bertz CT molecular complexity index is 614. The van der Waals surface area contributed by atoms with Crippen molar-refractivity contribution in [2.45, 2.75) is 12.3 Å². The highest BCUT2D eigenvalue weighted by Crippen LogP contribution is 2.13. The maximum Gasteiger partial charge on any atom is 0.191 e. The van der Waals surface area contributed by atoms with Crippen molar-refractivity contribution in [2.75, 3.05) is 26.7 Å². The molecule has 1 heterocycles. The highest BCUT2D eigenvalue weighted by Gasteiger charge is 2.10. The van der Waals surface area contributed by atoms with Gasteiger partial charge < -0.3 is 15.7 Å². The van der Waals surface area contributed by atoms with Gasteiger partial charge in [0, 0.05) is 39.3 Å². The first-order valence-corrected chi connectivity index (χ1v) is 7.80. The zero-order valence-electron chi connectivity index (χ0n) is 14.1. The molecule has 0 bridgehead atoms. The third-order valence-corrected chi connectivity index (χ3v) is 3.70. The molecule has 2 rings (SSSR count). The van der Waals surface area contributed by atoms with Gasteiger partial charge in [-0.05, 0) is 17.5 Å². The van der Waals surface area contributed by atoms with E-state index in [1.165, 1.54) is 5.56 Å². The van der Waals surface area contributed by atoms with Crippen LogP contribution in [0.4, 0.5) is 0 Å². The molecule has 1 atom stereocenters. The minimum Gasteiger partial charge on any atom is -0.396 e. The molecule has 0 aliphatic carbocycles. The minimum absolute atomic E-state index is 0. The third-order valence-electron chi connectivity index (χ3n) is 3.70. The number of aliphatic hydroxyl groups is 1. The summed E-state index contributed by atoms with van der Waals surface area (Å²) in [5, 5.41) is 20.3. The van der Waals surface area contributed by atoms with Gasteiger partial charge >= 0.3 is 0 Å². The van der Waals surface area contributed by atoms with Crippen molar-refractivity contribution >= 4 is 29.9 Å². The van der Waals surface area contributed by atoms with E-state index in [-0.39, 0.29) is 36.5 Å². The van der Waals surface area contributed by atoms with E-state index < -0.39 is 0 Å². The quantitative estimate of drug-likeness (QED) is 0.345. The molecule has 0 saturated heterocycles. The summed E-state index contributed by atoms with van der Waals surface area (Å²) < 4.78 is 1.80. The summed E-state index contributed by atoms with van der Waals surface area (Å²) in [7, 11) is 3.66. The van der Waals surface area contributed by atoms with Crippen LogP contribution in [-0.4, -0.2) is 47.6 Å². The van der Waals surface area contributed by atoms with Crippen molar-refractivity contribution in [1.82, 2.24) is 20.4 Å². The summed E-state index contributed by atoms with van der Waals surface area (Å²) in [6, 6.07) is 10.0. The molecular formula is C17H26IN5O. The normalized spacial score (nSPS) is 12.4. The lowest BCUT2D eigenvalue weighted by Crippen LogP contribution is -2.40. The van der Waals surface area contributed by atoms with Crippen molar-refractivity contribution in [2.24, 2.45) is 12.0 Å². The average molecular weight is 443 g/mol. The molecule has 7 heteroatoms. The Morgan fingerprint density at radius 2 is 2.04 bits per heavy atom. The van der Waals surface area contributed by atoms with Gasteiger partial charge in [-0.25, -0.2) is 0 Å². The van der Waals surface area contributed by atoms with Crippen molar-refractivity contribution in [3.63, 3.8) is 0 Å². The number of halogens is 1. The Morgan fingerprint density at radius 3 is 2.62 bits per heavy atom. The van der Waals surface area contributed by atoms with Crippen LogP contribution < -0.4 is 10.6 Å². The minimum atomic E-state index is 0. The van der Waals surface area contributed by atoms with Crippen LogP contribution in [0, 0.1) is 0 Å². The number of benzene rings is 1. The Hall–Kier alpha value is -1.61. The summed E-state index contributed by atoms with van der Waals surface area (Å²) in [4.78, 5) is 4.22. The second kappa shape index (κ2) is 11.0. The molecule has 3 N–H and O–H groups in total. The number of aliphatic hydroxyl groups excluding tert-OH is 1. The monoisotopic (exact) mass is 443 g/mol. The van der Waals surface area contributed by atoms with Crippen molar-refractivity contribution in [1.29, 1.82) is 0 Å². The van der Waals surface area contributed by atoms with E-state index in [2.05, 4.69) is 20.7 Å². The summed E-state index contributed by atoms with van der Waals surface area (Å²) in [6.45, 7) is 1.51. The summed E-state index contributed by atoms with van der Waals surface area (Å²) >= 11 is 0. The lowest BCUT2D eigenvalue weighted by molar-refractivity contribution is 0.265. The van der Waals surface area contributed by atoms with E-state index in [1.54, 1.807) is 11.7 Å². The van der Waals surface area contributed by atoms with Gasteiger partial charge in [0.05, 0.1) is 12.8 Å². The standard InChI is InChI=1S/C17H25N5O.HI/c1-18-17(19-9-8-14-10-21-22(2)12-14)20-11-16(13-23)15-6-4-3-5-7-15;/h3-7,10,12,16,23H,8-9,11,13H2,1-2H3,(H2,18,19,20);1H. The summed E-state index contributed by atoms with van der Waals surface area (Å²) in [5.41, 5.74) is 2.31. The Labute approximate surface area is 160 Å². The molecule has 0 fully saturated rings. The number of aliphatic imine (C=N–C) groups is 1. The van der Waals surface area contributed by atoms with Crippen molar-refractivity contribution in [3.8, 4) is 0 Å². The molecule has 132 valence electrons. The van der Waals surface area contributed by atoms with Crippen LogP contribution in [0.25, 0.3) is 0 Å². The Balaban J connectivity index is 0.00000288. The maximum absolute atomic E-state index is 9.58. The Morgan fingerprint density at radius 1 is 1.29 bits per heavy atom. The van der Waals surface area contributed by atoms with Crippen LogP contribution in [0.5, 0.6) is 0 Å². The van der Waals surface area contributed by atoms with Crippen LogP contribution in [0.1, 0.15) is 17.0 Å². The maximum atomic E-state index is 9.58. The van der Waals surface area contributed by atoms with E-state index >= 15 is 0 Å². The number of guanidine groups is 1. The molecule has 6 nitrogen and oxygen atoms in total. The van der Waals surface area contributed by atoms with E-state index in [4.69, 9.17) is 0 Å². The third kappa shape index (κ3) is 6.48. The lowest BCUT2D eigenvalue weighted by atomic mass is 10.0. The average Bonchev–Trinajstić information content (AvgIpc) is 3.00. The van der Waals surface area contributed by atoms with Crippen LogP contribution in [0.3, 0.4) is 0 Å². The number of aryl methyl sites for hydroxylation is 1. The highest BCUT2D eigenvalue weighted by atomic mass is 127. The first kappa shape index (κ1) is 20.4. The van der Waals surface area contributed by atoms with Gasteiger partial charge in [0.25, 0.3) is 0 Å². The number of hydrogen-bond donors (Lipinski definition) is 3. The van der Waals surface area contributed by atoms with Gasteiger partial charge in [0.1, 0.15) is 0 Å². The molecule has 0 radical (unpaired) electrons. The van der Waals surface area contributed by atoms with Gasteiger partial charge in [-0.3, -0.25) is 9.67 Å². The predicted octanol–water partition coefficient (Wildman–Crippen LogP) is 1.52. The van der Waals surface area contributed by atoms with Gasteiger partial charge in [0.2, 0.25) is 0 Å². The fraction of sp³-hybridized carbons (Fsp3) is 0.412. The Kier molecular flexibility index (Phi) is 9.39.